The van der Waals surface area contributed by atoms with Gasteiger partial charge < -0.3 is 15.2 Å². The summed E-state index contributed by atoms with van der Waals surface area (Å²) in [6.07, 6.45) is 0.862. The van der Waals surface area contributed by atoms with Crippen LogP contribution >= 0.6 is 11.3 Å². The van der Waals surface area contributed by atoms with E-state index in [0.717, 1.165) is 47.6 Å². The van der Waals surface area contributed by atoms with Crippen LogP contribution in [0.4, 0.5) is 0 Å². The second-order valence-electron chi connectivity index (χ2n) is 5.42. The van der Waals surface area contributed by atoms with Crippen molar-refractivity contribution < 1.29 is 4.52 Å². The summed E-state index contributed by atoms with van der Waals surface area (Å²) in [7, 11) is 0. The highest BCUT2D eigenvalue weighted by Crippen LogP contribution is 2.17. The molecule has 7 heteroatoms. The predicted octanol–water partition coefficient (Wildman–Crippen LogP) is 2.66. The Morgan fingerprint density at radius 3 is 2.52 bits per heavy atom. The molecule has 0 amide bonds. The number of rotatable bonds is 6. The molecule has 0 unspecified atom stereocenters. The zero-order chi connectivity index (χ0) is 16.8. The molecule has 0 aliphatic carbocycles. The van der Waals surface area contributed by atoms with Crippen molar-refractivity contribution >= 4 is 17.3 Å². The fourth-order valence-corrected chi connectivity index (χ4v) is 3.12. The molecular weight excluding hydrogens is 310 g/mol. The van der Waals surface area contributed by atoms with Crippen LogP contribution in [0.5, 0.6) is 0 Å². The summed E-state index contributed by atoms with van der Waals surface area (Å²) in [5.74, 6) is 1.70. The minimum Gasteiger partial charge on any atom is -0.361 e. The van der Waals surface area contributed by atoms with Crippen LogP contribution in [0.25, 0.3) is 0 Å². The lowest BCUT2D eigenvalue weighted by Crippen LogP contribution is -2.38. The Bertz CT molecular complexity index is 635. The van der Waals surface area contributed by atoms with Gasteiger partial charge in [0.2, 0.25) is 0 Å². The zero-order valence-corrected chi connectivity index (χ0v) is 15.3. The topological polar surface area (TPSA) is 75.3 Å². The summed E-state index contributed by atoms with van der Waals surface area (Å²) < 4.78 is 5.19. The number of aryl methyl sites for hydroxylation is 4. The minimum absolute atomic E-state index is 0.597. The Morgan fingerprint density at radius 1 is 1.17 bits per heavy atom. The van der Waals surface area contributed by atoms with E-state index in [-0.39, 0.29) is 0 Å². The third-order valence-corrected chi connectivity index (χ3v) is 4.70. The first-order valence-corrected chi connectivity index (χ1v) is 8.69. The monoisotopic (exact) mass is 335 g/mol. The van der Waals surface area contributed by atoms with E-state index in [4.69, 9.17) is 4.52 Å². The van der Waals surface area contributed by atoms with Crippen LogP contribution in [0, 0.1) is 27.7 Å². The van der Waals surface area contributed by atoms with E-state index in [2.05, 4.69) is 39.6 Å². The Balaban J connectivity index is 1.91. The molecule has 0 bridgehead atoms. The van der Waals surface area contributed by atoms with E-state index in [0.29, 0.717) is 6.54 Å². The van der Waals surface area contributed by atoms with Crippen molar-refractivity contribution in [1.29, 1.82) is 0 Å². The lowest BCUT2D eigenvalue weighted by Gasteiger charge is -2.10. The highest BCUT2D eigenvalue weighted by Gasteiger charge is 2.09. The smallest absolute Gasteiger partial charge is 0.191 e. The number of guanidine groups is 1. The molecule has 126 valence electrons. The van der Waals surface area contributed by atoms with Crippen molar-refractivity contribution in [2.24, 2.45) is 4.99 Å². The molecule has 0 radical (unpaired) electrons. The van der Waals surface area contributed by atoms with E-state index in [1.54, 1.807) is 11.3 Å². The molecule has 2 heterocycles. The molecule has 0 atom stereocenters. The van der Waals surface area contributed by atoms with Gasteiger partial charge in [0.1, 0.15) is 10.8 Å². The second kappa shape index (κ2) is 8.10. The first-order chi connectivity index (χ1) is 11.0. The predicted molar refractivity (Wildman–Crippen MR) is 94.1 cm³/mol. The molecule has 6 nitrogen and oxygen atoms in total. The van der Waals surface area contributed by atoms with Crippen LogP contribution in [0.1, 0.15) is 39.5 Å². The lowest BCUT2D eigenvalue weighted by molar-refractivity contribution is 0.392. The van der Waals surface area contributed by atoms with Crippen LogP contribution in [0.15, 0.2) is 9.52 Å². The summed E-state index contributed by atoms with van der Waals surface area (Å²) >= 11 is 1.71. The largest absolute Gasteiger partial charge is 0.361 e. The molecule has 0 saturated heterocycles. The highest BCUT2D eigenvalue weighted by atomic mass is 32.1. The van der Waals surface area contributed by atoms with Crippen LogP contribution in [0.2, 0.25) is 0 Å². The molecule has 0 aliphatic rings. The summed E-state index contributed by atoms with van der Waals surface area (Å²) in [6.45, 7) is 12.3. The fraction of sp³-hybridized carbons (Fsp3) is 0.562. The molecule has 0 saturated carbocycles. The van der Waals surface area contributed by atoms with Crippen molar-refractivity contribution in [1.82, 2.24) is 20.8 Å². The molecular formula is C16H25N5OS. The third kappa shape index (κ3) is 4.79. The van der Waals surface area contributed by atoms with E-state index in [1.165, 1.54) is 10.4 Å². The van der Waals surface area contributed by atoms with Crippen molar-refractivity contribution in [3.8, 4) is 0 Å². The van der Waals surface area contributed by atoms with Crippen molar-refractivity contribution in [2.45, 2.75) is 47.6 Å². The van der Waals surface area contributed by atoms with E-state index >= 15 is 0 Å². The SMILES string of the molecule is CCNC(=NCc1nc(C)c(C)s1)NCCc1c(C)noc1C. The van der Waals surface area contributed by atoms with Crippen LogP contribution in [-0.2, 0) is 13.0 Å². The average Bonchev–Trinajstić information content (AvgIpc) is 3.00. The van der Waals surface area contributed by atoms with Crippen molar-refractivity contribution in [3.63, 3.8) is 0 Å². The third-order valence-electron chi connectivity index (χ3n) is 3.64. The van der Waals surface area contributed by atoms with Gasteiger partial charge in [0.05, 0.1) is 17.9 Å². The lowest BCUT2D eigenvalue weighted by atomic mass is 10.1. The molecule has 2 N–H and O–H groups in total. The standard InChI is InChI=1S/C16H25N5OS/c1-6-17-16(19-9-15-20-10(2)13(5)23-15)18-8-7-14-11(3)21-22-12(14)4/h6-9H2,1-5H3,(H2,17,18,19). The Labute approximate surface area is 141 Å². The van der Waals surface area contributed by atoms with E-state index in [9.17, 15) is 0 Å². The molecule has 0 aliphatic heterocycles. The van der Waals surface area contributed by atoms with Gasteiger partial charge in [-0.05, 0) is 41.0 Å². The van der Waals surface area contributed by atoms with E-state index in [1.807, 2.05) is 20.8 Å². The highest BCUT2D eigenvalue weighted by molar-refractivity contribution is 7.11. The summed E-state index contributed by atoms with van der Waals surface area (Å²) in [5.41, 5.74) is 3.22. The Hall–Kier alpha value is -1.89. The van der Waals surface area contributed by atoms with Gasteiger partial charge in [-0.15, -0.1) is 11.3 Å². The molecule has 2 rings (SSSR count). The average molecular weight is 335 g/mol. The summed E-state index contributed by atoms with van der Waals surface area (Å²) in [5, 5.41) is 11.6. The van der Waals surface area contributed by atoms with Crippen molar-refractivity contribution in [2.75, 3.05) is 13.1 Å². The number of thiazole rings is 1. The molecule has 0 spiro atoms. The number of hydrogen-bond acceptors (Lipinski definition) is 5. The summed E-state index contributed by atoms with van der Waals surface area (Å²) in [6, 6.07) is 0. The molecule has 2 aromatic rings. The molecule has 23 heavy (non-hydrogen) atoms. The maximum atomic E-state index is 5.19. The van der Waals surface area contributed by atoms with Gasteiger partial charge in [0.15, 0.2) is 5.96 Å². The van der Waals surface area contributed by atoms with Crippen molar-refractivity contribution in [3.05, 3.63) is 32.6 Å². The van der Waals surface area contributed by atoms with Gasteiger partial charge in [0, 0.05) is 23.5 Å². The molecule has 0 aromatic carbocycles. The van der Waals surface area contributed by atoms with Crippen LogP contribution in [0.3, 0.4) is 0 Å². The van der Waals surface area contributed by atoms with Gasteiger partial charge in [0.25, 0.3) is 0 Å². The number of nitrogens with zero attached hydrogens (tertiary/aromatic N) is 3. The van der Waals surface area contributed by atoms with Gasteiger partial charge in [-0.2, -0.15) is 0 Å². The van der Waals surface area contributed by atoms with Gasteiger partial charge in [-0.25, -0.2) is 9.98 Å². The number of aromatic nitrogens is 2. The van der Waals surface area contributed by atoms with Crippen LogP contribution in [-0.4, -0.2) is 29.2 Å². The van der Waals surface area contributed by atoms with Crippen LogP contribution < -0.4 is 10.6 Å². The molecule has 2 aromatic heterocycles. The maximum absolute atomic E-state index is 5.19. The van der Waals surface area contributed by atoms with E-state index < -0.39 is 0 Å². The Morgan fingerprint density at radius 2 is 1.96 bits per heavy atom. The Kier molecular flexibility index (Phi) is 6.15. The second-order valence-corrected chi connectivity index (χ2v) is 6.71. The summed E-state index contributed by atoms with van der Waals surface area (Å²) in [4.78, 5) is 10.4. The minimum atomic E-state index is 0.597. The quantitative estimate of drug-likeness (QED) is 0.627. The number of nitrogens with one attached hydrogen (secondary N) is 2. The maximum Gasteiger partial charge on any atom is 0.191 e. The zero-order valence-electron chi connectivity index (χ0n) is 14.5. The number of hydrogen-bond donors (Lipinski definition) is 2. The fourth-order valence-electron chi connectivity index (χ4n) is 2.26. The normalized spacial score (nSPS) is 11.8. The van der Waals surface area contributed by atoms with Gasteiger partial charge in [-0.3, -0.25) is 0 Å². The molecule has 0 fully saturated rings. The first-order valence-electron chi connectivity index (χ1n) is 7.88. The number of aliphatic imine (C=N–C) groups is 1. The van der Waals surface area contributed by atoms with Gasteiger partial charge >= 0.3 is 0 Å². The first kappa shape index (κ1) is 17.5. The van der Waals surface area contributed by atoms with Gasteiger partial charge in [-0.1, -0.05) is 5.16 Å².